The van der Waals surface area contributed by atoms with Gasteiger partial charge in [0.15, 0.2) is 11.9 Å². The highest BCUT2D eigenvalue weighted by Crippen LogP contribution is 2.34. The number of amidine groups is 1. The number of nitrogens with one attached hydrogen (secondary N) is 1. The molecule has 0 spiro atoms. The van der Waals surface area contributed by atoms with E-state index < -0.39 is 36.1 Å². The van der Waals surface area contributed by atoms with Gasteiger partial charge in [0, 0.05) is 0 Å². The summed E-state index contributed by atoms with van der Waals surface area (Å²) in [7, 11) is 0. The zero-order valence-electron chi connectivity index (χ0n) is 18.0. The molecule has 6 nitrogen and oxygen atoms in total. The molecule has 2 N–H and O–H groups in total. The van der Waals surface area contributed by atoms with E-state index in [-0.39, 0.29) is 37.1 Å². The van der Waals surface area contributed by atoms with Crippen LogP contribution in [-0.2, 0) is 14.2 Å². The van der Waals surface area contributed by atoms with Gasteiger partial charge >= 0.3 is 0 Å². The number of allylic oxidation sites excluding steroid dienone is 3. The lowest BCUT2D eigenvalue weighted by Crippen LogP contribution is -2.36. The minimum atomic E-state index is -0.748. The van der Waals surface area contributed by atoms with Crippen LogP contribution in [0.3, 0.4) is 0 Å². The van der Waals surface area contributed by atoms with Gasteiger partial charge in [0.05, 0.1) is 25.3 Å². The molecule has 0 bridgehead atoms. The Morgan fingerprint density at radius 2 is 1.70 bits per heavy atom. The Hall–Kier alpha value is -3.07. The van der Waals surface area contributed by atoms with Gasteiger partial charge in [-0.05, 0) is 23.6 Å². The first-order valence-electron chi connectivity index (χ1n) is 10.8. The minimum absolute atomic E-state index is 0.0481. The molecular weight excluding hydrogens is 430 g/mol. The van der Waals surface area contributed by atoms with Gasteiger partial charge in [-0.3, -0.25) is 0 Å². The largest absolute Gasteiger partial charge is 0.456 e. The number of halogens is 2. The van der Waals surface area contributed by atoms with Gasteiger partial charge in [0.1, 0.15) is 29.8 Å². The molecule has 0 unspecified atom stereocenters. The van der Waals surface area contributed by atoms with Crippen LogP contribution in [-0.4, -0.2) is 55.3 Å². The predicted octanol–water partition coefficient (Wildman–Crippen LogP) is 3.74. The molecule has 0 radical (unpaired) electrons. The summed E-state index contributed by atoms with van der Waals surface area (Å²) in [6.07, 6.45) is -2.01. The van der Waals surface area contributed by atoms with Gasteiger partial charge in [-0.1, -0.05) is 54.6 Å². The van der Waals surface area contributed by atoms with E-state index in [1.54, 1.807) is 12.1 Å². The predicted molar refractivity (Wildman–Crippen MR) is 120 cm³/mol. The van der Waals surface area contributed by atoms with Crippen molar-refractivity contribution in [3.05, 3.63) is 77.5 Å². The molecule has 2 aromatic carbocycles. The zero-order chi connectivity index (χ0) is 22.9. The van der Waals surface area contributed by atoms with E-state index in [0.29, 0.717) is 5.56 Å². The van der Waals surface area contributed by atoms with Crippen LogP contribution in [0.1, 0.15) is 12.5 Å². The molecule has 0 aromatic heterocycles. The van der Waals surface area contributed by atoms with Crippen molar-refractivity contribution >= 4 is 11.6 Å². The van der Waals surface area contributed by atoms with Gasteiger partial charge in [0.25, 0.3) is 6.02 Å². The summed E-state index contributed by atoms with van der Waals surface area (Å²) in [5.41, 5.74) is 2.31. The van der Waals surface area contributed by atoms with Crippen molar-refractivity contribution in [1.29, 1.82) is 0 Å². The molecule has 33 heavy (non-hydrogen) atoms. The van der Waals surface area contributed by atoms with Gasteiger partial charge in [0.2, 0.25) is 0 Å². The van der Waals surface area contributed by atoms with Crippen molar-refractivity contribution in [1.82, 2.24) is 5.32 Å². The number of rotatable bonds is 4. The van der Waals surface area contributed by atoms with Crippen LogP contribution >= 0.6 is 0 Å². The lowest BCUT2D eigenvalue weighted by molar-refractivity contribution is 0.00509. The quantitative estimate of drug-likeness (QED) is 0.737. The Labute approximate surface area is 190 Å². The van der Waals surface area contributed by atoms with Gasteiger partial charge in [-0.2, -0.15) is 4.99 Å². The number of benzene rings is 2. The summed E-state index contributed by atoms with van der Waals surface area (Å²) in [5.74, 6) is -1.39. The van der Waals surface area contributed by atoms with E-state index in [1.807, 2.05) is 42.5 Å². The number of aliphatic hydroxyl groups is 1. The standard InChI is InChI=1S/C25H24F2N2O4/c1-14(26)21(17-9-7-16(8-10-17)15-5-3-2-4-6-15)22(27)18-11-28-25(29-18)33-20-13-32-23-19(30)12-31-24(20)23/h2-10,19-20,23-24,30H,11-13H2,1H3,(H,28,29)/b21-14+,22-18-/t19-,20-,23-,24-/m1/s1. The van der Waals surface area contributed by atoms with Crippen LogP contribution in [0.4, 0.5) is 8.78 Å². The van der Waals surface area contributed by atoms with E-state index >= 15 is 4.39 Å². The minimum Gasteiger partial charge on any atom is -0.456 e. The number of aliphatic imine (C=N–C) groups is 1. The van der Waals surface area contributed by atoms with Crippen LogP contribution in [0.5, 0.6) is 0 Å². The van der Waals surface area contributed by atoms with Crippen LogP contribution in [0.25, 0.3) is 16.7 Å². The Morgan fingerprint density at radius 3 is 2.42 bits per heavy atom. The highest BCUT2D eigenvalue weighted by atomic mass is 19.1. The van der Waals surface area contributed by atoms with Gasteiger partial charge in [-0.25, -0.2) is 8.78 Å². The second-order valence-corrected chi connectivity index (χ2v) is 8.20. The van der Waals surface area contributed by atoms with Crippen LogP contribution in [0, 0.1) is 0 Å². The van der Waals surface area contributed by atoms with E-state index in [2.05, 4.69) is 10.3 Å². The molecule has 8 heteroatoms. The van der Waals surface area contributed by atoms with E-state index in [0.717, 1.165) is 11.1 Å². The smallest absolute Gasteiger partial charge is 0.290 e. The fraction of sp³-hybridized carbons (Fsp3) is 0.320. The number of hydrogen-bond donors (Lipinski definition) is 2. The summed E-state index contributed by atoms with van der Waals surface area (Å²) < 4.78 is 46.7. The van der Waals surface area contributed by atoms with E-state index in [9.17, 15) is 9.50 Å². The Balaban J connectivity index is 1.35. The summed E-state index contributed by atoms with van der Waals surface area (Å²) >= 11 is 0. The monoisotopic (exact) mass is 454 g/mol. The molecule has 2 aromatic rings. The maximum atomic E-state index is 15.4. The SMILES string of the molecule is C/C(F)=C(\C(F)=C1/CNC(O[C@@H]2CO[C@H]3[C@@H]2OC[C@H]3O)=N1)c1ccc(-c2ccccc2)cc1. The van der Waals surface area contributed by atoms with Crippen molar-refractivity contribution in [2.75, 3.05) is 19.8 Å². The normalized spacial score (nSPS) is 28.7. The first-order valence-corrected chi connectivity index (χ1v) is 10.8. The first-order chi connectivity index (χ1) is 16.0. The Kier molecular flexibility index (Phi) is 5.97. The maximum Gasteiger partial charge on any atom is 0.290 e. The molecule has 4 atom stereocenters. The average molecular weight is 454 g/mol. The van der Waals surface area contributed by atoms with Crippen molar-refractivity contribution in [3.8, 4) is 11.1 Å². The average Bonchev–Trinajstić information content (AvgIpc) is 3.54. The third-order valence-electron chi connectivity index (χ3n) is 5.99. The van der Waals surface area contributed by atoms with Crippen LogP contribution < -0.4 is 5.32 Å². The lowest BCUT2D eigenvalue weighted by atomic mass is 9.98. The summed E-state index contributed by atoms with van der Waals surface area (Å²) in [5, 5.41) is 12.7. The number of fused-ring (bicyclic) bond motifs is 1. The molecule has 0 amide bonds. The highest BCUT2D eigenvalue weighted by molar-refractivity contribution is 5.84. The molecule has 3 heterocycles. The number of ether oxygens (including phenoxy) is 3. The molecule has 3 aliphatic rings. The molecule has 2 saturated heterocycles. The topological polar surface area (TPSA) is 72.3 Å². The summed E-state index contributed by atoms with van der Waals surface area (Å²) in [6.45, 7) is 1.70. The molecule has 3 aliphatic heterocycles. The number of hydrogen-bond acceptors (Lipinski definition) is 6. The summed E-state index contributed by atoms with van der Waals surface area (Å²) in [4.78, 5) is 4.19. The fourth-order valence-corrected chi connectivity index (χ4v) is 4.33. The van der Waals surface area contributed by atoms with Crippen LogP contribution in [0.15, 0.2) is 76.9 Å². The van der Waals surface area contributed by atoms with Crippen LogP contribution in [0.2, 0.25) is 0 Å². The third kappa shape index (κ3) is 4.29. The summed E-state index contributed by atoms with van der Waals surface area (Å²) in [6, 6.07) is 17.0. The second kappa shape index (κ2) is 9.05. The first kappa shape index (κ1) is 21.8. The Morgan fingerprint density at radius 1 is 1.00 bits per heavy atom. The molecule has 2 fully saturated rings. The number of nitrogens with zero attached hydrogens (tertiary/aromatic N) is 1. The Bertz CT molecular complexity index is 1110. The molecule has 0 saturated carbocycles. The number of aliphatic hydroxyl groups excluding tert-OH is 1. The highest BCUT2D eigenvalue weighted by Gasteiger charge is 2.49. The second-order valence-electron chi connectivity index (χ2n) is 8.20. The molecule has 172 valence electrons. The third-order valence-corrected chi connectivity index (χ3v) is 5.99. The maximum absolute atomic E-state index is 15.4. The van der Waals surface area contributed by atoms with Gasteiger partial charge < -0.3 is 24.6 Å². The molecule has 5 rings (SSSR count). The molecular formula is C25H24F2N2O4. The van der Waals surface area contributed by atoms with Gasteiger partial charge in [-0.15, -0.1) is 0 Å². The van der Waals surface area contributed by atoms with E-state index in [4.69, 9.17) is 14.2 Å². The van der Waals surface area contributed by atoms with Crippen molar-refractivity contribution in [2.24, 2.45) is 4.99 Å². The van der Waals surface area contributed by atoms with E-state index in [1.165, 1.54) is 6.92 Å². The fourth-order valence-electron chi connectivity index (χ4n) is 4.33. The molecule has 0 aliphatic carbocycles. The van der Waals surface area contributed by atoms with Crippen molar-refractivity contribution < 1.29 is 28.1 Å². The lowest BCUT2D eigenvalue weighted by Gasteiger charge is -2.17. The van der Waals surface area contributed by atoms with Crippen molar-refractivity contribution in [3.63, 3.8) is 0 Å². The zero-order valence-corrected chi connectivity index (χ0v) is 18.0. The van der Waals surface area contributed by atoms with Crippen molar-refractivity contribution in [2.45, 2.75) is 31.3 Å².